The van der Waals surface area contributed by atoms with Gasteiger partial charge >= 0.3 is 0 Å². The van der Waals surface area contributed by atoms with E-state index in [4.69, 9.17) is 0 Å². The van der Waals surface area contributed by atoms with E-state index in [1.807, 2.05) is 0 Å². The van der Waals surface area contributed by atoms with Crippen LogP contribution in [0.15, 0.2) is 30.9 Å². The zero-order valence-corrected chi connectivity index (χ0v) is 8.22. The molecule has 0 aliphatic heterocycles. The first-order valence-corrected chi connectivity index (χ1v) is 5.00. The maximum absolute atomic E-state index is 3.87. The van der Waals surface area contributed by atoms with Crippen molar-refractivity contribution in [2.45, 2.75) is 26.2 Å². The first kappa shape index (κ1) is 8.55. The van der Waals surface area contributed by atoms with Crippen molar-refractivity contribution in [3.8, 4) is 0 Å². The summed E-state index contributed by atoms with van der Waals surface area (Å²) in [6.07, 6.45) is 5.80. The van der Waals surface area contributed by atoms with Crippen molar-refractivity contribution in [3.05, 3.63) is 47.5 Å². The molecular weight excluding hydrogens is 156 g/mol. The van der Waals surface area contributed by atoms with Gasteiger partial charge in [-0.3, -0.25) is 0 Å². The van der Waals surface area contributed by atoms with Gasteiger partial charge in [0.25, 0.3) is 0 Å². The summed E-state index contributed by atoms with van der Waals surface area (Å²) in [4.78, 5) is 0. The van der Waals surface area contributed by atoms with Crippen LogP contribution in [0.4, 0.5) is 0 Å². The Morgan fingerprint density at radius 2 is 2.23 bits per heavy atom. The quantitative estimate of drug-likeness (QED) is 0.570. The van der Waals surface area contributed by atoms with E-state index in [0.29, 0.717) is 5.92 Å². The zero-order chi connectivity index (χ0) is 9.26. The van der Waals surface area contributed by atoms with Crippen LogP contribution in [0.25, 0.3) is 0 Å². The molecule has 13 heavy (non-hydrogen) atoms. The van der Waals surface area contributed by atoms with Gasteiger partial charge in [0.2, 0.25) is 0 Å². The van der Waals surface area contributed by atoms with Crippen LogP contribution >= 0.6 is 0 Å². The van der Waals surface area contributed by atoms with Gasteiger partial charge in [-0.15, -0.1) is 6.58 Å². The zero-order valence-electron chi connectivity index (χ0n) is 8.22. The van der Waals surface area contributed by atoms with E-state index in [2.05, 4.69) is 37.8 Å². The van der Waals surface area contributed by atoms with Crippen LogP contribution in [0.1, 0.15) is 23.1 Å². The maximum atomic E-state index is 3.87. The van der Waals surface area contributed by atoms with Crippen molar-refractivity contribution in [2.75, 3.05) is 0 Å². The third-order valence-electron chi connectivity index (χ3n) is 2.96. The molecule has 1 aliphatic carbocycles. The van der Waals surface area contributed by atoms with E-state index < -0.39 is 0 Å². The van der Waals surface area contributed by atoms with Crippen LogP contribution in [-0.2, 0) is 12.8 Å². The van der Waals surface area contributed by atoms with E-state index >= 15 is 0 Å². The molecule has 0 fully saturated rings. The fourth-order valence-corrected chi connectivity index (χ4v) is 2.11. The summed E-state index contributed by atoms with van der Waals surface area (Å²) < 4.78 is 0. The van der Waals surface area contributed by atoms with Crippen LogP contribution < -0.4 is 0 Å². The van der Waals surface area contributed by atoms with Gasteiger partial charge in [-0.05, 0) is 43.2 Å². The number of benzene rings is 1. The highest BCUT2D eigenvalue weighted by atomic mass is 14.2. The molecule has 0 spiro atoms. The summed E-state index contributed by atoms with van der Waals surface area (Å²) in [5.41, 5.74) is 4.47. The van der Waals surface area contributed by atoms with Crippen molar-refractivity contribution in [1.82, 2.24) is 0 Å². The number of hydrogen-bond donors (Lipinski definition) is 0. The molecule has 0 saturated heterocycles. The molecule has 0 nitrogen and oxygen atoms in total. The van der Waals surface area contributed by atoms with Crippen molar-refractivity contribution < 1.29 is 0 Å². The average molecular weight is 172 g/mol. The molecular formula is C13H16. The Balaban J connectivity index is 2.31. The second-order valence-corrected chi connectivity index (χ2v) is 4.01. The molecule has 0 saturated carbocycles. The summed E-state index contributed by atoms with van der Waals surface area (Å²) in [5, 5.41) is 0. The Hall–Kier alpha value is -1.04. The van der Waals surface area contributed by atoms with Crippen LogP contribution in [0.5, 0.6) is 0 Å². The molecule has 1 unspecified atom stereocenters. The van der Waals surface area contributed by atoms with E-state index in [0.717, 1.165) is 0 Å². The van der Waals surface area contributed by atoms with Crippen LogP contribution in [0.2, 0.25) is 0 Å². The van der Waals surface area contributed by atoms with Crippen molar-refractivity contribution >= 4 is 0 Å². The number of allylic oxidation sites excluding steroid dienone is 1. The summed E-state index contributed by atoms with van der Waals surface area (Å²) in [5.74, 6) is 0.704. The van der Waals surface area contributed by atoms with Gasteiger partial charge in [0.1, 0.15) is 0 Å². The lowest BCUT2D eigenvalue weighted by Gasteiger charge is -2.22. The summed E-state index contributed by atoms with van der Waals surface area (Å²) in [6, 6.07) is 6.82. The van der Waals surface area contributed by atoms with Crippen molar-refractivity contribution in [3.63, 3.8) is 0 Å². The predicted molar refractivity (Wildman–Crippen MR) is 56.9 cm³/mol. The van der Waals surface area contributed by atoms with E-state index in [1.54, 1.807) is 5.56 Å². The normalized spacial score (nSPS) is 20.8. The van der Waals surface area contributed by atoms with Crippen LogP contribution in [0.3, 0.4) is 0 Å². The molecule has 0 aromatic heterocycles. The molecule has 0 radical (unpaired) electrons. The smallest absolute Gasteiger partial charge is 0.0192 e. The van der Waals surface area contributed by atoms with Gasteiger partial charge in [0.15, 0.2) is 0 Å². The summed E-state index contributed by atoms with van der Waals surface area (Å²) >= 11 is 0. The Bertz CT molecular complexity index is 323. The lowest BCUT2D eigenvalue weighted by Crippen LogP contribution is -2.11. The van der Waals surface area contributed by atoms with Gasteiger partial charge in [0.05, 0.1) is 0 Å². The fraction of sp³-hybridized carbons (Fsp3) is 0.385. The third-order valence-corrected chi connectivity index (χ3v) is 2.96. The highest BCUT2D eigenvalue weighted by Gasteiger charge is 2.15. The van der Waals surface area contributed by atoms with Gasteiger partial charge in [-0.2, -0.15) is 0 Å². The van der Waals surface area contributed by atoms with E-state index in [1.165, 1.54) is 30.4 Å². The Morgan fingerprint density at radius 3 is 3.00 bits per heavy atom. The Labute approximate surface area is 80.3 Å². The standard InChI is InChI=1S/C13H16/c1-3-11-5-7-12-8-10(2)4-6-13(12)9-11/h3-4,6,8,11H,1,5,7,9H2,2H3. The average Bonchev–Trinajstić information content (AvgIpc) is 2.17. The van der Waals surface area contributed by atoms with Gasteiger partial charge in [-0.1, -0.05) is 29.8 Å². The molecule has 0 amide bonds. The molecule has 0 N–H and O–H groups in total. The van der Waals surface area contributed by atoms with E-state index in [9.17, 15) is 0 Å². The second kappa shape index (κ2) is 3.37. The van der Waals surface area contributed by atoms with Crippen molar-refractivity contribution in [2.24, 2.45) is 5.92 Å². The maximum Gasteiger partial charge on any atom is -0.0192 e. The number of aryl methyl sites for hydroxylation is 2. The number of rotatable bonds is 1. The molecule has 1 aliphatic rings. The van der Waals surface area contributed by atoms with E-state index in [-0.39, 0.29) is 0 Å². The highest BCUT2D eigenvalue weighted by molar-refractivity contribution is 5.34. The molecule has 0 bridgehead atoms. The second-order valence-electron chi connectivity index (χ2n) is 4.01. The SMILES string of the molecule is C=CC1CCc2cc(C)ccc2C1. The fourth-order valence-electron chi connectivity index (χ4n) is 2.11. The molecule has 2 rings (SSSR count). The lowest BCUT2D eigenvalue weighted by atomic mass is 9.83. The minimum absolute atomic E-state index is 0.704. The topological polar surface area (TPSA) is 0 Å². The molecule has 0 heteroatoms. The minimum Gasteiger partial charge on any atom is -0.103 e. The monoisotopic (exact) mass is 172 g/mol. The molecule has 0 heterocycles. The van der Waals surface area contributed by atoms with Crippen LogP contribution in [0, 0.1) is 12.8 Å². The van der Waals surface area contributed by atoms with Gasteiger partial charge in [0, 0.05) is 0 Å². The number of fused-ring (bicyclic) bond motifs is 1. The lowest BCUT2D eigenvalue weighted by molar-refractivity contribution is 0.554. The highest BCUT2D eigenvalue weighted by Crippen LogP contribution is 2.26. The Kier molecular flexibility index (Phi) is 2.22. The Morgan fingerprint density at radius 1 is 1.38 bits per heavy atom. The summed E-state index contributed by atoms with van der Waals surface area (Å²) in [7, 11) is 0. The van der Waals surface area contributed by atoms with Gasteiger partial charge in [-0.25, -0.2) is 0 Å². The molecule has 1 aromatic rings. The molecule has 1 atom stereocenters. The first-order chi connectivity index (χ1) is 6.29. The third kappa shape index (κ3) is 1.67. The largest absolute Gasteiger partial charge is 0.103 e. The minimum atomic E-state index is 0.704. The number of hydrogen-bond acceptors (Lipinski definition) is 0. The van der Waals surface area contributed by atoms with Crippen molar-refractivity contribution in [1.29, 1.82) is 0 Å². The van der Waals surface area contributed by atoms with Gasteiger partial charge < -0.3 is 0 Å². The van der Waals surface area contributed by atoms with Crippen LogP contribution in [-0.4, -0.2) is 0 Å². The predicted octanol–water partition coefficient (Wildman–Crippen LogP) is 3.29. The summed E-state index contributed by atoms with van der Waals surface area (Å²) in [6.45, 7) is 6.04. The molecule has 68 valence electrons. The first-order valence-electron chi connectivity index (χ1n) is 5.00. The molecule has 1 aromatic carbocycles.